The van der Waals surface area contributed by atoms with Gasteiger partial charge in [0, 0.05) is 6.04 Å². The highest BCUT2D eigenvalue weighted by atomic mass is 19.4. The van der Waals surface area contributed by atoms with Crippen LogP contribution in [0.25, 0.3) is 11.0 Å². The van der Waals surface area contributed by atoms with Crippen LogP contribution in [0.1, 0.15) is 44.5 Å². The Morgan fingerprint density at radius 3 is 2.54 bits per heavy atom. The highest BCUT2D eigenvalue weighted by Gasteiger charge is 2.40. The lowest BCUT2D eigenvalue weighted by atomic mass is 9.86. The van der Waals surface area contributed by atoms with Gasteiger partial charge < -0.3 is 9.30 Å². The molecule has 1 aromatic heterocycles. The van der Waals surface area contributed by atoms with Crippen molar-refractivity contribution in [1.82, 2.24) is 9.55 Å². The van der Waals surface area contributed by atoms with Crippen molar-refractivity contribution in [2.75, 3.05) is 6.61 Å². The second kappa shape index (κ2) is 6.45. The van der Waals surface area contributed by atoms with E-state index in [0.717, 1.165) is 0 Å². The quantitative estimate of drug-likeness (QED) is 0.780. The number of ether oxygens (including phenoxy) is 1. The maximum Gasteiger partial charge on any atom is 0.449 e. The Balaban J connectivity index is 1.89. The van der Waals surface area contributed by atoms with Gasteiger partial charge in [-0.3, -0.25) is 4.79 Å². The Labute approximate surface area is 137 Å². The van der Waals surface area contributed by atoms with E-state index in [1.807, 2.05) is 0 Å². The summed E-state index contributed by atoms with van der Waals surface area (Å²) in [6, 6.07) is 6.34. The molecule has 0 N–H and O–H groups in total. The molecular formula is C17H19F3N2O2. The zero-order valence-electron chi connectivity index (χ0n) is 13.3. The molecule has 1 saturated carbocycles. The van der Waals surface area contributed by atoms with E-state index in [9.17, 15) is 18.0 Å². The monoisotopic (exact) mass is 340 g/mol. The molecule has 0 aliphatic heterocycles. The third-order valence-electron chi connectivity index (χ3n) is 4.53. The van der Waals surface area contributed by atoms with Crippen LogP contribution in [0.2, 0.25) is 0 Å². The molecule has 24 heavy (non-hydrogen) atoms. The average molecular weight is 340 g/mol. The van der Waals surface area contributed by atoms with Crippen LogP contribution in [-0.2, 0) is 15.7 Å². The molecule has 1 fully saturated rings. The van der Waals surface area contributed by atoms with Crippen molar-refractivity contribution < 1.29 is 22.7 Å². The van der Waals surface area contributed by atoms with E-state index >= 15 is 0 Å². The molecule has 3 rings (SSSR count). The molecule has 1 heterocycles. The number of benzene rings is 1. The fourth-order valence-corrected chi connectivity index (χ4v) is 3.44. The summed E-state index contributed by atoms with van der Waals surface area (Å²) in [6.45, 7) is 2.07. The lowest BCUT2D eigenvalue weighted by molar-refractivity contribution is -0.151. The Morgan fingerprint density at radius 2 is 1.92 bits per heavy atom. The highest BCUT2D eigenvalue weighted by molar-refractivity contribution is 5.76. The van der Waals surface area contributed by atoms with Crippen LogP contribution in [0.5, 0.6) is 0 Å². The van der Waals surface area contributed by atoms with Crippen molar-refractivity contribution in [1.29, 1.82) is 0 Å². The number of hydrogen-bond donors (Lipinski definition) is 0. The Bertz CT molecular complexity index is 731. The zero-order valence-corrected chi connectivity index (χ0v) is 13.3. The molecule has 0 unspecified atom stereocenters. The maximum absolute atomic E-state index is 13.4. The fourth-order valence-electron chi connectivity index (χ4n) is 3.44. The minimum absolute atomic E-state index is 0.217. The summed E-state index contributed by atoms with van der Waals surface area (Å²) in [5.41, 5.74) is 0.835. The molecule has 0 spiro atoms. The second-order valence-corrected chi connectivity index (χ2v) is 6.05. The van der Waals surface area contributed by atoms with Gasteiger partial charge in [0.1, 0.15) is 0 Å². The van der Waals surface area contributed by atoms with E-state index in [1.165, 1.54) is 4.57 Å². The van der Waals surface area contributed by atoms with Crippen LogP contribution < -0.4 is 0 Å². The zero-order chi connectivity index (χ0) is 17.3. The van der Waals surface area contributed by atoms with Gasteiger partial charge in [-0.2, -0.15) is 13.2 Å². The largest absolute Gasteiger partial charge is 0.466 e. The molecule has 0 bridgehead atoms. The van der Waals surface area contributed by atoms with E-state index in [1.54, 1.807) is 31.2 Å². The van der Waals surface area contributed by atoms with Gasteiger partial charge in [-0.25, -0.2) is 4.98 Å². The van der Waals surface area contributed by atoms with Gasteiger partial charge in [0.2, 0.25) is 5.82 Å². The number of rotatable bonds is 3. The molecule has 7 heteroatoms. The summed E-state index contributed by atoms with van der Waals surface area (Å²) in [4.78, 5) is 15.6. The molecule has 130 valence electrons. The van der Waals surface area contributed by atoms with Crippen LogP contribution in [0.15, 0.2) is 24.3 Å². The lowest BCUT2D eigenvalue weighted by Crippen LogP contribution is -2.27. The summed E-state index contributed by atoms with van der Waals surface area (Å²) in [7, 11) is 0. The SMILES string of the molecule is CCOC(=O)C1CCC(n2c(C(F)(F)F)nc3ccccc32)CC1. The number of carbonyl (C=O) groups excluding carboxylic acids is 1. The normalized spacial score (nSPS) is 21.8. The van der Waals surface area contributed by atoms with Crippen LogP contribution in [0.3, 0.4) is 0 Å². The van der Waals surface area contributed by atoms with Gasteiger partial charge in [0.05, 0.1) is 23.6 Å². The number of aromatic nitrogens is 2. The number of halogens is 3. The first-order valence-electron chi connectivity index (χ1n) is 8.12. The molecule has 1 aliphatic rings. The number of esters is 1. The van der Waals surface area contributed by atoms with E-state index in [4.69, 9.17) is 4.74 Å². The average Bonchev–Trinajstić information content (AvgIpc) is 2.95. The standard InChI is InChI=1S/C17H19F3N2O2/c1-2-24-15(23)11-7-9-12(10-8-11)22-14-6-4-3-5-13(14)21-16(22)17(18,19)20/h3-6,11-12H,2,7-10H2,1H3. The predicted octanol–water partition coefficient (Wildman–Crippen LogP) is 4.35. The van der Waals surface area contributed by atoms with E-state index < -0.39 is 12.0 Å². The van der Waals surface area contributed by atoms with Crippen molar-refractivity contribution in [2.24, 2.45) is 5.92 Å². The smallest absolute Gasteiger partial charge is 0.449 e. The molecular weight excluding hydrogens is 321 g/mol. The van der Waals surface area contributed by atoms with Crippen molar-refractivity contribution >= 4 is 17.0 Å². The van der Waals surface area contributed by atoms with Gasteiger partial charge in [0.25, 0.3) is 0 Å². The van der Waals surface area contributed by atoms with Gasteiger partial charge >= 0.3 is 12.1 Å². The lowest BCUT2D eigenvalue weighted by Gasteiger charge is -2.29. The fraction of sp³-hybridized carbons (Fsp3) is 0.529. The van der Waals surface area contributed by atoms with Gasteiger partial charge in [-0.15, -0.1) is 0 Å². The summed E-state index contributed by atoms with van der Waals surface area (Å²) < 4.78 is 46.5. The van der Waals surface area contributed by atoms with Crippen LogP contribution in [-0.4, -0.2) is 22.1 Å². The van der Waals surface area contributed by atoms with Crippen molar-refractivity contribution in [3.63, 3.8) is 0 Å². The first kappa shape index (κ1) is 16.8. The number of imidazole rings is 1. The minimum Gasteiger partial charge on any atom is -0.466 e. The number of nitrogens with zero attached hydrogens (tertiary/aromatic N) is 2. The van der Waals surface area contributed by atoms with Gasteiger partial charge in [-0.1, -0.05) is 12.1 Å². The molecule has 1 aromatic carbocycles. The maximum atomic E-state index is 13.4. The molecule has 0 atom stereocenters. The molecule has 4 nitrogen and oxygen atoms in total. The van der Waals surface area contributed by atoms with E-state index in [-0.39, 0.29) is 17.9 Å². The highest BCUT2D eigenvalue weighted by Crippen LogP contribution is 2.39. The Kier molecular flexibility index (Phi) is 4.51. The Hall–Kier alpha value is -2.05. The Morgan fingerprint density at radius 1 is 1.25 bits per heavy atom. The van der Waals surface area contributed by atoms with Crippen LogP contribution in [0.4, 0.5) is 13.2 Å². The second-order valence-electron chi connectivity index (χ2n) is 6.05. The summed E-state index contributed by atoms with van der Waals surface area (Å²) in [5.74, 6) is -1.32. The molecule has 0 amide bonds. The summed E-state index contributed by atoms with van der Waals surface area (Å²) in [5, 5.41) is 0. The van der Waals surface area contributed by atoms with Crippen molar-refractivity contribution in [2.45, 2.75) is 44.8 Å². The van der Waals surface area contributed by atoms with E-state index in [0.29, 0.717) is 43.3 Å². The first-order valence-corrected chi connectivity index (χ1v) is 8.12. The van der Waals surface area contributed by atoms with Crippen molar-refractivity contribution in [3.05, 3.63) is 30.1 Å². The topological polar surface area (TPSA) is 44.1 Å². The molecule has 0 saturated heterocycles. The minimum atomic E-state index is -4.50. The van der Waals surface area contributed by atoms with Crippen molar-refractivity contribution in [3.8, 4) is 0 Å². The van der Waals surface area contributed by atoms with Crippen LogP contribution in [0, 0.1) is 5.92 Å². The third-order valence-corrected chi connectivity index (χ3v) is 4.53. The molecule has 0 radical (unpaired) electrons. The third kappa shape index (κ3) is 3.12. The number of alkyl halides is 3. The summed E-state index contributed by atoms with van der Waals surface area (Å²) >= 11 is 0. The number of fused-ring (bicyclic) bond motifs is 1. The van der Waals surface area contributed by atoms with Gasteiger partial charge in [0.15, 0.2) is 0 Å². The van der Waals surface area contributed by atoms with Crippen LogP contribution >= 0.6 is 0 Å². The number of hydrogen-bond acceptors (Lipinski definition) is 3. The molecule has 2 aromatic rings. The first-order chi connectivity index (χ1) is 11.4. The van der Waals surface area contributed by atoms with E-state index in [2.05, 4.69) is 4.98 Å². The molecule has 1 aliphatic carbocycles. The van der Waals surface area contributed by atoms with Gasteiger partial charge in [-0.05, 0) is 44.7 Å². The number of para-hydroxylation sites is 2. The summed E-state index contributed by atoms with van der Waals surface area (Å²) in [6.07, 6.45) is -2.42. The number of carbonyl (C=O) groups is 1. The predicted molar refractivity (Wildman–Crippen MR) is 82.4 cm³/mol.